The summed E-state index contributed by atoms with van der Waals surface area (Å²) >= 11 is 2.85. The molecule has 0 spiro atoms. The maximum atomic E-state index is 12.1. The lowest BCUT2D eigenvalue weighted by Gasteiger charge is -2.07. The minimum absolute atomic E-state index is 0.0793. The molecule has 0 saturated heterocycles. The van der Waals surface area contributed by atoms with Crippen LogP contribution in [0.2, 0.25) is 0 Å². The Hall–Kier alpha value is -0.780. The SMILES string of the molecule is FC(F)Oc1ccc(C(F)F)cc1Br. The summed E-state index contributed by atoms with van der Waals surface area (Å²) in [4.78, 5) is 0. The van der Waals surface area contributed by atoms with Crippen LogP contribution in [0.15, 0.2) is 22.7 Å². The average molecular weight is 273 g/mol. The highest BCUT2D eigenvalue weighted by Crippen LogP contribution is 2.30. The first-order chi connectivity index (χ1) is 6.50. The highest BCUT2D eigenvalue weighted by atomic mass is 79.9. The molecule has 0 aliphatic rings. The lowest BCUT2D eigenvalue weighted by Crippen LogP contribution is -2.02. The van der Waals surface area contributed by atoms with Crippen molar-refractivity contribution >= 4 is 15.9 Å². The van der Waals surface area contributed by atoms with Crippen molar-refractivity contribution in [3.8, 4) is 5.75 Å². The third-order valence-electron chi connectivity index (χ3n) is 1.42. The van der Waals surface area contributed by atoms with Crippen LogP contribution in [0, 0.1) is 0 Å². The summed E-state index contributed by atoms with van der Waals surface area (Å²) in [6, 6.07) is 3.15. The van der Waals surface area contributed by atoms with Gasteiger partial charge in [0.2, 0.25) is 0 Å². The summed E-state index contributed by atoms with van der Waals surface area (Å²) < 4.78 is 51.9. The van der Waals surface area contributed by atoms with E-state index < -0.39 is 13.0 Å². The zero-order valence-corrected chi connectivity index (χ0v) is 8.27. The van der Waals surface area contributed by atoms with Gasteiger partial charge in [0.1, 0.15) is 5.75 Å². The quantitative estimate of drug-likeness (QED) is 0.756. The summed E-state index contributed by atoms with van der Waals surface area (Å²) in [5, 5.41) is 0. The predicted molar refractivity (Wildman–Crippen MR) is 45.7 cm³/mol. The monoisotopic (exact) mass is 272 g/mol. The fraction of sp³-hybridized carbons (Fsp3) is 0.250. The second-order valence-electron chi connectivity index (χ2n) is 2.37. The lowest BCUT2D eigenvalue weighted by molar-refractivity contribution is -0.0503. The van der Waals surface area contributed by atoms with Gasteiger partial charge in [-0.1, -0.05) is 0 Å². The molecule has 1 aromatic rings. The van der Waals surface area contributed by atoms with Gasteiger partial charge in [0.15, 0.2) is 0 Å². The number of rotatable bonds is 3. The number of halogens is 5. The molecule has 0 N–H and O–H groups in total. The fourth-order valence-corrected chi connectivity index (χ4v) is 1.33. The van der Waals surface area contributed by atoms with E-state index in [9.17, 15) is 17.6 Å². The van der Waals surface area contributed by atoms with Gasteiger partial charge in [-0.3, -0.25) is 0 Å². The van der Waals surface area contributed by atoms with E-state index in [1.54, 1.807) is 0 Å². The topological polar surface area (TPSA) is 9.23 Å². The largest absolute Gasteiger partial charge is 0.434 e. The molecular weight excluding hydrogens is 268 g/mol. The Labute approximate surface area is 85.8 Å². The molecule has 14 heavy (non-hydrogen) atoms. The smallest absolute Gasteiger partial charge is 0.387 e. The summed E-state index contributed by atoms with van der Waals surface area (Å²) in [7, 11) is 0. The van der Waals surface area contributed by atoms with Crippen molar-refractivity contribution < 1.29 is 22.3 Å². The van der Waals surface area contributed by atoms with E-state index in [2.05, 4.69) is 20.7 Å². The first-order valence-corrected chi connectivity index (χ1v) is 4.32. The number of benzene rings is 1. The van der Waals surface area contributed by atoms with Crippen molar-refractivity contribution in [3.05, 3.63) is 28.2 Å². The van der Waals surface area contributed by atoms with E-state index in [1.165, 1.54) is 0 Å². The number of ether oxygens (including phenoxy) is 1. The third-order valence-corrected chi connectivity index (χ3v) is 2.04. The normalized spacial score (nSPS) is 11.1. The number of hydrogen-bond acceptors (Lipinski definition) is 1. The van der Waals surface area contributed by atoms with Crippen molar-refractivity contribution in [2.24, 2.45) is 0 Å². The van der Waals surface area contributed by atoms with Gasteiger partial charge in [-0.05, 0) is 34.1 Å². The maximum Gasteiger partial charge on any atom is 0.387 e. The van der Waals surface area contributed by atoms with E-state index in [0.717, 1.165) is 18.2 Å². The van der Waals surface area contributed by atoms with E-state index in [-0.39, 0.29) is 15.8 Å². The van der Waals surface area contributed by atoms with E-state index >= 15 is 0 Å². The molecule has 1 aromatic carbocycles. The van der Waals surface area contributed by atoms with Crippen LogP contribution in [-0.2, 0) is 0 Å². The average Bonchev–Trinajstić information content (AvgIpc) is 2.07. The second kappa shape index (κ2) is 4.63. The van der Waals surface area contributed by atoms with Gasteiger partial charge in [-0.15, -0.1) is 0 Å². The zero-order chi connectivity index (χ0) is 10.7. The van der Waals surface area contributed by atoms with Gasteiger partial charge < -0.3 is 4.74 Å². The molecule has 0 bridgehead atoms. The lowest BCUT2D eigenvalue weighted by atomic mass is 10.2. The molecule has 0 aliphatic heterocycles. The van der Waals surface area contributed by atoms with E-state index in [1.807, 2.05) is 0 Å². The molecule has 0 atom stereocenters. The Morgan fingerprint density at radius 3 is 2.21 bits per heavy atom. The first kappa shape index (κ1) is 11.3. The van der Waals surface area contributed by atoms with Crippen LogP contribution in [-0.4, -0.2) is 6.61 Å². The summed E-state index contributed by atoms with van der Waals surface area (Å²) in [5.74, 6) is -0.163. The Morgan fingerprint density at radius 1 is 1.14 bits per heavy atom. The highest BCUT2D eigenvalue weighted by Gasteiger charge is 2.12. The molecule has 0 heterocycles. The number of alkyl halides is 4. The molecule has 0 unspecified atom stereocenters. The Morgan fingerprint density at radius 2 is 1.79 bits per heavy atom. The molecule has 0 amide bonds. The van der Waals surface area contributed by atoms with Gasteiger partial charge >= 0.3 is 6.61 Å². The van der Waals surface area contributed by atoms with Gasteiger partial charge in [-0.2, -0.15) is 8.78 Å². The molecule has 6 heteroatoms. The van der Waals surface area contributed by atoms with Gasteiger partial charge in [0.05, 0.1) is 4.47 Å². The predicted octanol–water partition coefficient (Wildman–Crippen LogP) is 3.99. The van der Waals surface area contributed by atoms with Gasteiger partial charge in [0.25, 0.3) is 6.43 Å². The van der Waals surface area contributed by atoms with E-state index in [4.69, 9.17) is 0 Å². The van der Waals surface area contributed by atoms with Crippen LogP contribution < -0.4 is 4.74 Å². The Kier molecular flexibility index (Phi) is 3.74. The minimum atomic E-state index is -2.97. The zero-order valence-electron chi connectivity index (χ0n) is 6.68. The molecule has 78 valence electrons. The minimum Gasteiger partial charge on any atom is -0.434 e. The Bertz CT molecular complexity index is 316. The standard InChI is InChI=1S/C8H5BrF4O/c9-5-3-4(7(10)11)1-2-6(5)14-8(12)13/h1-3,7-8H. The molecule has 0 saturated carbocycles. The molecule has 0 aliphatic carbocycles. The summed E-state index contributed by atoms with van der Waals surface area (Å²) in [5.41, 5.74) is -0.251. The summed E-state index contributed by atoms with van der Waals surface area (Å²) in [6.07, 6.45) is -2.63. The van der Waals surface area contributed by atoms with Crippen LogP contribution in [0.5, 0.6) is 5.75 Å². The third kappa shape index (κ3) is 2.87. The van der Waals surface area contributed by atoms with Crippen molar-refractivity contribution in [2.75, 3.05) is 0 Å². The second-order valence-corrected chi connectivity index (χ2v) is 3.22. The Balaban J connectivity index is 2.90. The van der Waals surface area contributed by atoms with Crippen molar-refractivity contribution in [1.29, 1.82) is 0 Å². The van der Waals surface area contributed by atoms with Crippen LogP contribution in [0.25, 0.3) is 0 Å². The molecule has 0 fully saturated rings. The van der Waals surface area contributed by atoms with Crippen molar-refractivity contribution in [2.45, 2.75) is 13.0 Å². The molecule has 1 rings (SSSR count). The molecule has 1 nitrogen and oxygen atoms in total. The molecular formula is C8H5BrF4O. The maximum absolute atomic E-state index is 12.1. The number of hydrogen-bond donors (Lipinski definition) is 0. The highest BCUT2D eigenvalue weighted by molar-refractivity contribution is 9.10. The molecule has 0 radical (unpaired) electrons. The van der Waals surface area contributed by atoms with Crippen molar-refractivity contribution in [1.82, 2.24) is 0 Å². The fourth-order valence-electron chi connectivity index (χ4n) is 0.844. The summed E-state index contributed by atoms with van der Waals surface area (Å²) in [6.45, 7) is -2.97. The van der Waals surface area contributed by atoms with Crippen LogP contribution in [0.1, 0.15) is 12.0 Å². The van der Waals surface area contributed by atoms with E-state index in [0.29, 0.717) is 0 Å². The van der Waals surface area contributed by atoms with Crippen LogP contribution in [0.3, 0.4) is 0 Å². The van der Waals surface area contributed by atoms with Gasteiger partial charge in [0, 0.05) is 5.56 Å². The van der Waals surface area contributed by atoms with Crippen molar-refractivity contribution in [3.63, 3.8) is 0 Å². The van der Waals surface area contributed by atoms with Crippen LogP contribution in [0.4, 0.5) is 17.6 Å². The molecule has 0 aromatic heterocycles. The first-order valence-electron chi connectivity index (χ1n) is 3.53. The van der Waals surface area contributed by atoms with Crippen LogP contribution >= 0.6 is 15.9 Å². The van der Waals surface area contributed by atoms with Gasteiger partial charge in [-0.25, -0.2) is 8.78 Å².